The summed E-state index contributed by atoms with van der Waals surface area (Å²) in [5, 5.41) is 9.14. The second kappa shape index (κ2) is 1.81. The summed E-state index contributed by atoms with van der Waals surface area (Å²) in [7, 11) is 1.88. The molecule has 4 nitrogen and oxygen atoms in total. The van der Waals surface area contributed by atoms with E-state index in [-0.39, 0.29) is 0 Å². The van der Waals surface area contributed by atoms with E-state index in [4.69, 9.17) is 0 Å². The minimum Gasteiger partial charge on any atom is -0.258 e. The van der Waals surface area contributed by atoms with Crippen LogP contribution in [-0.2, 0) is 0 Å². The molecule has 0 unspecified atom stereocenters. The molecule has 0 spiro atoms. The molecular weight excluding hydrogens is 207 g/mol. The molecule has 0 aliphatic carbocycles. The third-order valence-corrected chi connectivity index (χ3v) is 1.11. The van der Waals surface area contributed by atoms with Crippen LogP contribution in [0.2, 0.25) is 0 Å². The number of nitrogens with zero attached hydrogens (tertiary/aromatic N) is 4. The number of halogens is 1. The Morgan fingerprint density at radius 2 is 2.29 bits per heavy atom. The van der Waals surface area contributed by atoms with E-state index in [9.17, 15) is 0 Å². The standard InChI is InChI=1S/C2H5IN4/c1-6-2-7(3)5-4-6/h2H2,1H3. The molecule has 1 aliphatic rings. The van der Waals surface area contributed by atoms with Crippen LogP contribution in [0.1, 0.15) is 0 Å². The second-order valence-electron chi connectivity index (χ2n) is 1.31. The molecule has 0 N–H and O–H groups in total. The van der Waals surface area contributed by atoms with Crippen LogP contribution in [0, 0.1) is 0 Å². The topological polar surface area (TPSA) is 31.2 Å². The lowest BCUT2D eigenvalue weighted by atomic mass is 11.0. The Hall–Kier alpha value is -0.0700. The van der Waals surface area contributed by atoms with Crippen LogP contribution < -0.4 is 0 Å². The molecule has 0 aromatic carbocycles. The fourth-order valence-corrected chi connectivity index (χ4v) is 0.865. The monoisotopic (exact) mass is 212 g/mol. The van der Waals surface area contributed by atoms with Gasteiger partial charge in [-0.2, -0.15) is 3.22 Å². The van der Waals surface area contributed by atoms with Gasteiger partial charge in [0.1, 0.15) is 6.67 Å². The van der Waals surface area contributed by atoms with Gasteiger partial charge in [-0.3, -0.25) is 5.01 Å². The van der Waals surface area contributed by atoms with Crippen LogP contribution in [0.15, 0.2) is 10.4 Å². The van der Waals surface area contributed by atoms with Gasteiger partial charge in [-0.25, -0.2) is 0 Å². The second-order valence-corrected chi connectivity index (χ2v) is 2.43. The normalized spacial score (nSPS) is 19.1. The van der Waals surface area contributed by atoms with Gasteiger partial charge in [0, 0.05) is 7.05 Å². The summed E-state index contributed by atoms with van der Waals surface area (Å²) in [5.41, 5.74) is 0. The average molecular weight is 212 g/mol. The van der Waals surface area contributed by atoms with Gasteiger partial charge >= 0.3 is 0 Å². The highest BCUT2D eigenvalue weighted by Gasteiger charge is 2.05. The van der Waals surface area contributed by atoms with E-state index in [1.54, 1.807) is 8.23 Å². The first kappa shape index (κ1) is 5.07. The summed E-state index contributed by atoms with van der Waals surface area (Å²) < 4.78 is 1.73. The van der Waals surface area contributed by atoms with Crippen molar-refractivity contribution in [1.82, 2.24) is 8.23 Å². The SMILES string of the molecule is CN1CN(I)N=N1. The third-order valence-electron chi connectivity index (χ3n) is 0.611. The Morgan fingerprint density at radius 1 is 1.57 bits per heavy atom. The van der Waals surface area contributed by atoms with Gasteiger partial charge in [-0.15, -0.1) is 0 Å². The van der Waals surface area contributed by atoms with Crippen molar-refractivity contribution in [3.8, 4) is 0 Å². The Balaban J connectivity index is 2.42. The third kappa shape index (κ3) is 1.15. The highest BCUT2D eigenvalue weighted by molar-refractivity contribution is 14.1. The minimum atomic E-state index is 0.792. The molecule has 0 saturated carbocycles. The molecule has 0 saturated heterocycles. The zero-order chi connectivity index (χ0) is 5.28. The molecule has 0 aromatic rings. The van der Waals surface area contributed by atoms with Crippen LogP contribution in [0.5, 0.6) is 0 Å². The van der Waals surface area contributed by atoms with Gasteiger partial charge < -0.3 is 0 Å². The molecule has 1 heterocycles. The largest absolute Gasteiger partial charge is 0.258 e. The minimum absolute atomic E-state index is 0.792. The average Bonchev–Trinajstić information content (AvgIpc) is 1.87. The van der Waals surface area contributed by atoms with E-state index < -0.39 is 0 Å². The van der Waals surface area contributed by atoms with E-state index in [1.807, 2.05) is 7.05 Å². The Kier molecular flexibility index (Phi) is 1.31. The van der Waals surface area contributed by atoms with E-state index in [2.05, 4.69) is 33.3 Å². The first-order chi connectivity index (χ1) is 3.29. The van der Waals surface area contributed by atoms with Gasteiger partial charge in [-0.05, 0) is 5.22 Å². The van der Waals surface area contributed by atoms with Crippen molar-refractivity contribution in [3.05, 3.63) is 0 Å². The lowest BCUT2D eigenvalue weighted by Crippen LogP contribution is -2.13. The molecule has 0 amide bonds. The molecular formula is C2H5IN4. The highest BCUT2D eigenvalue weighted by atomic mass is 127. The smallest absolute Gasteiger partial charge is 0.137 e. The van der Waals surface area contributed by atoms with E-state index in [0.717, 1.165) is 6.67 Å². The molecule has 40 valence electrons. The summed E-state index contributed by atoms with van der Waals surface area (Å²) in [6, 6.07) is 0. The molecule has 7 heavy (non-hydrogen) atoms. The first-order valence-electron chi connectivity index (χ1n) is 1.85. The first-order valence-corrected chi connectivity index (χ1v) is 2.81. The van der Waals surface area contributed by atoms with Crippen LogP contribution in [0.25, 0.3) is 0 Å². The van der Waals surface area contributed by atoms with Gasteiger partial charge in [0.25, 0.3) is 0 Å². The molecule has 0 aromatic heterocycles. The fraction of sp³-hybridized carbons (Fsp3) is 1.00. The summed E-state index contributed by atoms with van der Waals surface area (Å²) in [4.78, 5) is 0. The molecule has 1 rings (SSSR count). The van der Waals surface area contributed by atoms with Crippen molar-refractivity contribution in [2.45, 2.75) is 0 Å². The van der Waals surface area contributed by atoms with Crippen molar-refractivity contribution in [1.29, 1.82) is 0 Å². The van der Waals surface area contributed by atoms with Crippen LogP contribution in [0.3, 0.4) is 0 Å². The Morgan fingerprint density at radius 3 is 2.43 bits per heavy atom. The lowest BCUT2D eigenvalue weighted by molar-refractivity contribution is 0.349. The molecule has 1 aliphatic heterocycles. The quantitative estimate of drug-likeness (QED) is 0.439. The van der Waals surface area contributed by atoms with E-state index >= 15 is 0 Å². The van der Waals surface area contributed by atoms with Crippen molar-refractivity contribution in [3.63, 3.8) is 0 Å². The fourth-order valence-electron chi connectivity index (χ4n) is 0.337. The van der Waals surface area contributed by atoms with Crippen LogP contribution in [0.4, 0.5) is 0 Å². The molecule has 0 radical (unpaired) electrons. The molecule has 0 atom stereocenters. The zero-order valence-electron chi connectivity index (χ0n) is 3.87. The molecule has 5 heteroatoms. The van der Waals surface area contributed by atoms with Gasteiger partial charge in [-0.1, -0.05) is 5.22 Å². The van der Waals surface area contributed by atoms with E-state index in [1.165, 1.54) is 0 Å². The maximum absolute atomic E-state index is 3.69. The Bertz CT molecular complexity index is 81.7. The van der Waals surface area contributed by atoms with Crippen molar-refractivity contribution in [2.24, 2.45) is 10.4 Å². The molecule has 0 fully saturated rings. The summed E-state index contributed by atoms with van der Waals surface area (Å²) >= 11 is 2.08. The lowest BCUT2D eigenvalue weighted by Gasteiger charge is -2.01. The number of hydrogen-bond acceptors (Lipinski definition) is 4. The number of hydrogen-bond donors (Lipinski definition) is 0. The molecule has 0 bridgehead atoms. The predicted octanol–water partition coefficient (Wildman–Crippen LogP) is 0.824. The van der Waals surface area contributed by atoms with Gasteiger partial charge in [0.05, 0.1) is 22.9 Å². The predicted molar refractivity (Wildman–Crippen MR) is 33.3 cm³/mol. The number of rotatable bonds is 0. The summed E-state index contributed by atoms with van der Waals surface area (Å²) in [5.74, 6) is 0. The Labute approximate surface area is 55.6 Å². The van der Waals surface area contributed by atoms with Crippen molar-refractivity contribution >= 4 is 22.9 Å². The van der Waals surface area contributed by atoms with Crippen LogP contribution in [-0.4, -0.2) is 21.9 Å². The summed E-state index contributed by atoms with van der Waals surface area (Å²) in [6.07, 6.45) is 0. The highest BCUT2D eigenvalue weighted by Crippen LogP contribution is 2.08. The van der Waals surface area contributed by atoms with Gasteiger partial charge in [0.2, 0.25) is 0 Å². The van der Waals surface area contributed by atoms with Crippen molar-refractivity contribution < 1.29 is 0 Å². The van der Waals surface area contributed by atoms with Crippen LogP contribution >= 0.6 is 22.9 Å². The van der Waals surface area contributed by atoms with Gasteiger partial charge in [0.15, 0.2) is 0 Å². The van der Waals surface area contributed by atoms with Crippen molar-refractivity contribution in [2.75, 3.05) is 13.7 Å². The maximum atomic E-state index is 3.69. The van der Waals surface area contributed by atoms with E-state index in [0.29, 0.717) is 0 Å². The zero-order valence-corrected chi connectivity index (χ0v) is 6.03. The summed E-state index contributed by atoms with van der Waals surface area (Å²) in [6.45, 7) is 0.792. The maximum Gasteiger partial charge on any atom is 0.137 e.